The maximum absolute atomic E-state index is 12.6. The lowest BCUT2D eigenvalue weighted by molar-refractivity contribution is 0.0933. The molecule has 0 spiro atoms. The molecule has 2 heterocycles. The number of aromatic nitrogens is 1. The highest BCUT2D eigenvalue weighted by molar-refractivity contribution is 7.04. The van der Waals surface area contributed by atoms with E-state index in [-0.39, 0.29) is 11.9 Å². The number of carbonyl (C=O) groups excluding carboxylic acids is 1. The second-order valence-electron chi connectivity index (χ2n) is 6.29. The topological polar surface area (TPSA) is 45.2 Å². The van der Waals surface area contributed by atoms with E-state index in [1.165, 1.54) is 17.1 Å². The number of hydrogen-bond donors (Lipinski definition) is 1. The Morgan fingerprint density at radius 3 is 2.77 bits per heavy atom. The number of nitrogens with zero attached hydrogens (tertiary/aromatic N) is 2. The van der Waals surface area contributed by atoms with E-state index in [4.69, 9.17) is 11.6 Å². The number of rotatable bonds is 4. The second-order valence-corrected chi connectivity index (χ2v) is 7.32. The summed E-state index contributed by atoms with van der Waals surface area (Å²) in [5, 5.41) is 5.62. The maximum atomic E-state index is 12.6. The summed E-state index contributed by atoms with van der Waals surface area (Å²) in [6.07, 6.45) is 0.819. The summed E-state index contributed by atoms with van der Waals surface area (Å²) >= 11 is 7.58. The van der Waals surface area contributed by atoms with Crippen molar-refractivity contribution < 1.29 is 4.79 Å². The number of nitrogens with one attached hydrogen (secondary N) is 1. The SMILES string of the molecule is O=C(NC1CCN(Cc2ccccc2)c2csnc21)c1ccccc1Cl. The van der Waals surface area contributed by atoms with Gasteiger partial charge in [0.2, 0.25) is 0 Å². The molecule has 0 saturated heterocycles. The van der Waals surface area contributed by atoms with Crippen LogP contribution in [0.25, 0.3) is 0 Å². The summed E-state index contributed by atoms with van der Waals surface area (Å²) in [6, 6.07) is 17.4. The molecule has 0 fully saturated rings. The summed E-state index contributed by atoms with van der Waals surface area (Å²) < 4.78 is 4.55. The molecule has 0 aliphatic carbocycles. The Bertz CT molecular complexity index is 912. The highest BCUT2D eigenvalue weighted by Crippen LogP contribution is 2.35. The first-order chi connectivity index (χ1) is 12.7. The largest absolute Gasteiger partial charge is 0.365 e. The van der Waals surface area contributed by atoms with Crippen molar-refractivity contribution in [1.82, 2.24) is 9.69 Å². The van der Waals surface area contributed by atoms with E-state index in [2.05, 4.69) is 44.2 Å². The Morgan fingerprint density at radius 1 is 1.19 bits per heavy atom. The fraction of sp³-hybridized carbons (Fsp3) is 0.200. The number of amides is 1. The second kappa shape index (κ2) is 7.48. The fourth-order valence-corrected chi connectivity index (χ4v) is 4.23. The minimum absolute atomic E-state index is 0.0907. The van der Waals surface area contributed by atoms with E-state index in [0.717, 1.165) is 30.9 Å². The zero-order valence-corrected chi connectivity index (χ0v) is 15.6. The van der Waals surface area contributed by atoms with Gasteiger partial charge in [0.25, 0.3) is 5.91 Å². The first-order valence-electron chi connectivity index (χ1n) is 8.51. The number of carbonyl (C=O) groups is 1. The predicted octanol–water partition coefficient (Wildman–Crippen LogP) is 4.68. The number of fused-ring (bicyclic) bond motifs is 1. The van der Waals surface area contributed by atoms with E-state index < -0.39 is 0 Å². The molecule has 0 bridgehead atoms. The smallest absolute Gasteiger partial charge is 0.253 e. The van der Waals surface area contributed by atoms with Gasteiger partial charge in [0.15, 0.2) is 0 Å². The van der Waals surface area contributed by atoms with Gasteiger partial charge in [0.05, 0.1) is 28.0 Å². The third-order valence-electron chi connectivity index (χ3n) is 4.58. The first kappa shape index (κ1) is 17.1. The summed E-state index contributed by atoms with van der Waals surface area (Å²) in [6.45, 7) is 1.71. The molecule has 4 rings (SSSR count). The maximum Gasteiger partial charge on any atom is 0.253 e. The lowest BCUT2D eigenvalue weighted by Gasteiger charge is -2.33. The van der Waals surface area contributed by atoms with Gasteiger partial charge in [-0.15, -0.1) is 0 Å². The van der Waals surface area contributed by atoms with Crippen molar-refractivity contribution >= 4 is 34.7 Å². The van der Waals surface area contributed by atoms with Gasteiger partial charge in [-0.1, -0.05) is 54.1 Å². The lowest BCUT2D eigenvalue weighted by atomic mass is 10.0. The van der Waals surface area contributed by atoms with Crippen molar-refractivity contribution in [1.29, 1.82) is 0 Å². The predicted molar refractivity (Wildman–Crippen MR) is 106 cm³/mol. The molecule has 132 valence electrons. The molecule has 1 atom stereocenters. The minimum atomic E-state index is -0.156. The lowest BCUT2D eigenvalue weighted by Crippen LogP contribution is -2.37. The number of halogens is 1. The van der Waals surface area contributed by atoms with Crippen molar-refractivity contribution in [3.63, 3.8) is 0 Å². The molecule has 26 heavy (non-hydrogen) atoms. The molecule has 0 saturated carbocycles. The van der Waals surface area contributed by atoms with Gasteiger partial charge >= 0.3 is 0 Å². The molecular formula is C20H18ClN3OS. The highest BCUT2D eigenvalue weighted by atomic mass is 35.5. The molecule has 1 aliphatic heterocycles. The third-order valence-corrected chi connectivity index (χ3v) is 5.54. The molecule has 6 heteroatoms. The van der Waals surface area contributed by atoms with Crippen LogP contribution in [0.4, 0.5) is 5.69 Å². The van der Waals surface area contributed by atoms with E-state index in [0.29, 0.717) is 10.6 Å². The molecule has 1 aliphatic rings. The first-order valence-corrected chi connectivity index (χ1v) is 9.72. The van der Waals surface area contributed by atoms with Crippen LogP contribution in [0.5, 0.6) is 0 Å². The molecule has 0 radical (unpaired) electrons. The van der Waals surface area contributed by atoms with Crippen molar-refractivity contribution in [2.75, 3.05) is 11.4 Å². The molecule has 1 amide bonds. The standard InChI is InChI=1S/C20H18ClN3OS/c21-16-9-5-4-8-15(16)20(25)22-17-10-11-24(18-13-26-23-19(17)18)12-14-6-2-1-3-7-14/h1-9,13,17H,10-12H2,(H,22,25). The third kappa shape index (κ3) is 3.45. The zero-order valence-electron chi connectivity index (χ0n) is 14.1. The molecular weight excluding hydrogens is 366 g/mol. The molecule has 2 aromatic carbocycles. The Labute approximate surface area is 161 Å². The van der Waals surface area contributed by atoms with Crippen LogP contribution in [0, 0.1) is 0 Å². The zero-order chi connectivity index (χ0) is 17.9. The van der Waals surface area contributed by atoms with Crippen LogP contribution in [0.2, 0.25) is 5.02 Å². The van der Waals surface area contributed by atoms with Gasteiger partial charge in [0, 0.05) is 18.5 Å². The normalized spacial score (nSPS) is 16.2. The van der Waals surface area contributed by atoms with Gasteiger partial charge in [-0.25, -0.2) is 0 Å². The number of anilines is 1. The van der Waals surface area contributed by atoms with E-state index in [1.54, 1.807) is 12.1 Å². The van der Waals surface area contributed by atoms with Crippen molar-refractivity contribution in [2.45, 2.75) is 19.0 Å². The van der Waals surface area contributed by atoms with Crippen molar-refractivity contribution in [3.05, 3.63) is 81.8 Å². The summed E-state index contributed by atoms with van der Waals surface area (Å²) in [4.78, 5) is 14.9. The van der Waals surface area contributed by atoms with Gasteiger partial charge < -0.3 is 10.2 Å². The quantitative estimate of drug-likeness (QED) is 0.711. The van der Waals surface area contributed by atoms with Crippen molar-refractivity contribution in [3.8, 4) is 0 Å². The molecule has 1 N–H and O–H groups in total. The monoisotopic (exact) mass is 383 g/mol. The molecule has 3 aromatic rings. The Morgan fingerprint density at radius 2 is 1.96 bits per heavy atom. The van der Waals surface area contributed by atoms with Gasteiger partial charge in [-0.3, -0.25) is 4.79 Å². The van der Waals surface area contributed by atoms with Crippen LogP contribution in [-0.4, -0.2) is 16.8 Å². The van der Waals surface area contributed by atoms with Crippen molar-refractivity contribution in [2.24, 2.45) is 0 Å². The van der Waals surface area contributed by atoms with Crippen LogP contribution >= 0.6 is 23.1 Å². The number of hydrogen-bond acceptors (Lipinski definition) is 4. The molecule has 1 aromatic heterocycles. The highest BCUT2D eigenvalue weighted by Gasteiger charge is 2.29. The Hall–Kier alpha value is -2.37. The van der Waals surface area contributed by atoms with Crippen LogP contribution < -0.4 is 10.2 Å². The number of benzene rings is 2. The van der Waals surface area contributed by atoms with Gasteiger partial charge in [0.1, 0.15) is 0 Å². The summed E-state index contributed by atoms with van der Waals surface area (Å²) in [5.74, 6) is -0.156. The van der Waals surface area contributed by atoms with Crippen LogP contribution in [-0.2, 0) is 6.54 Å². The average molecular weight is 384 g/mol. The van der Waals surface area contributed by atoms with Crippen LogP contribution in [0.3, 0.4) is 0 Å². The Balaban J connectivity index is 1.52. The average Bonchev–Trinajstić information content (AvgIpc) is 3.15. The van der Waals surface area contributed by atoms with Gasteiger partial charge in [-0.05, 0) is 35.6 Å². The Kier molecular flexibility index (Phi) is 4.91. The van der Waals surface area contributed by atoms with Gasteiger partial charge in [-0.2, -0.15) is 4.37 Å². The molecule has 4 nitrogen and oxygen atoms in total. The summed E-state index contributed by atoms with van der Waals surface area (Å²) in [5.41, 5.74) is 3.81. The van der Waals surface area contributed by atoms with E-state index in [1.807, 2.05) is 18.2 Å². The van der Waals surface area contributed by atoms with Crippen LogP contribution in [0.15, 0.2) is 60.0 Å². The van der Waals surface area contributed by atoms with E-state index in [9.17, 15) is 4.79 Å². The molecule has 1 unspecified atom stereocenters. The fourth-order valence-electron chi connectivity index (χ4n) is 3.25. The van der Waals surface area contributed by atoms with Crippen LogP contribution in [0.1, 0.15) is 34.1 Å². The van der Waals surface area contributed by atoms with E-state index >= 15 is 0 Å². The minimum Gasteiger partial charge on any atom is -0.365 e. The summed E-state index contributed by atoms with van der Waals surface area (Å²) in [7, 11) is 0.